The van der Waals surface area contributed by atoms with Gasteiger partial charge in [-0.25, -0.2) is 4.39 Å². The molecule has 1 aromatic rings. The normalized spacial score (nSPS) is 18.6. The van der Waals surface area contributed by atoms with Crippen molar-refractivity contribution in [2.45, 2.75) is 57.5 Å². The Morgan fingerprint density at radius 1 is 1.26 bits per heavy atom. The lowest BCUT2D eigenvalue weighted by molar-refractivity contribution is 0.429. The van der Waals surface area contributed by atoms with Gasteiger partial charge in [-0.15, -0.1) is 0 Å². The maximum atomic E-state index is 13.9. The maximum absolute atomic E-state index is 13.9. The van der Waals surface area contributed by atoms with Gasteiger partial charge in [0.05, 0.1) is 6.07 Å². The fraction of sp³-hybridized carbons (Fsp3) is 0.562. The van der Waals surface area contributed by atoms with Crippen LogP contribution < -0.4 is 5.32 Å². The van der Waals surface area contributed by atoms with Crippen LogP contribution in [0.3, 0.4) is 0 Å². The number of nitrogens with one attached hydrogen (secondary N) is 1. The summed E-state index contributed by atoms with van der Waals surface area (Å²) >= 11 is 0. The highest BCUT2D eigenvalue weighted by Crippen LogP contribution is 2.23. The summed E-state index contributed by atoms with van der Waals surface area (Å²) in [7, 11) is 0. The Morgan fingerprint density at radius 2 is 1.95 bits per heavy atom. The summed E-state index contributed by atoms with van der Waals surface area (Å²) in [5, 5.41) is 12.6. The standard InChI is InChI=1S/C16H21FN2/c1-12-8-9-15(17)14(10-12)16(11-18)19-13-6-4-2-3-5-7-13/h8-10,13,16,19H,2-7H2,1H3. The van der Waals surface area contributed by atoms with E-state index in [1.54, 1.807) is 12.1 Å². The molecule has 0 saturated heterocycles. The van der Waals surface area contributed by atoms with Crippen molar-refractivity contribution in [3.8, 4) is 6.07 Å². The van der Waals surface area contributed by atoms with Crippen LogP contribution >= 0.6 is 0 Å². The van der Waals surface area contributed by atoms with E-state index in [-0.39, 0.29) is 5.82 Å². The Kier molecular flexibility index (Phi) is 4.93. The van der Waals surface area contributed by atoms with Crippen LogP contribution in [-0.2, 0) is 0 Å². The molecule has 0 heterocycles. The molecule has 0 aromatic heterocycles. The minimum Gasteiger partial charge on any atom is -0.295 e. The quantitative estimate of drug-likeness (QED) is 0.833. The molecule has 3 heteroatoms. The van der Waals surface area contributed by atoms with Gasteiger partial charge in [-0.05, 0) is 25.8 Å². The van der Waals surface area contributed by atoms with Crippen LogP contribution in [0, 0.1) is 24.1 Å². The number of nitriles is 1. The Morgan fingerprint density at radius 3 is 2.58 bits per heavy atom. The van der Waals surface area contributed by atoms with Crippen LogP contribution in [0.2, 0.25) is 0 Å². The molecule has 0 radical (unpaired) electrons. The molecule has 1 N–H and O–H groups in total. The van der Waals surface area contributed by atoms with E-state index >= 15 is 0 Å². The van der Waals surface area contributed by atoms with Gasteiger partial charge in [0.1, 0.15) is 11.9 Å². The summed E-state index contributed by atoms with van der Waals surface area (Å²) in [5.41, 5.74) is 1.46. The highest BCUT2D eigenvalue weighted by molar-refractivity contribution is 5.30. The van der Waals surface area contributed by atoms with Crippen molar-refractivity contribution < 1.29 is 4.39 Å². The molecule has 102 valence electrons. The Balaban J connectivity index is 2.11. The molecule has 1 atom stereocenters. The van der Waals surface area contributed by atoms with Gasteiger partial charge in [0.25, 0.3) is 0 Å². The molecule has 1 aromatic carbocycles. The van der Waals surface area contributed by atoms with Crippen molar-refractivity contribution in [2.24, 2.45) is 0 Å². The van der Waals surface area contributed by atoms with Crippen LogP contribution in [0.25, 0.3) is 0 Å². The lowest BCUT2D eigenvalue weighted by atomic mass is 10.0. The zero-order chi connectivity index (χ0) is 13.7. The zero-order valence-corrected chi connectivity index (χ0v) is 11.5. The van der Waals surface area contributed by atoms with Gasteiger partial charge in [0.15, 0.2) is 0 Å². The first-order chi connectivity index (χ1) is 9.20. The number of benzene rings is 1. The lowest BCUT2D eigenvalue weighted by Crippen LogP contribution is -2.32. The molecule has 1 aliphatic rings. The highest BCUT2D eigenvalue weighted by Gasteiger charge is 2.20. The van der Waals surface area contributed by atoms with Crippen LogP contribution in [0.1, 0.15) is 55.7 Å². The number of hydrogen-bond donors (Lipinski definition) is 1. The number of halogens is 1. The van der Waals surface area contributed by atoms with Gasteiger partial charge in [-0.1, -0.05) is 43.4 Å². The number of hydrogen-bond acceptors (Lipinski definition) is 2. The Labute approximate surface area is 114 Å². The van der Waals surface area contributed by atoms with Crippen molar-refractivity contribution >= 4 is 0 Å². The summed E-state index contributed by atoms with van der Waals surface area (Å²) in [6, 6.07) is 6.96. The van der Waals surface area contributed by atoms with Crippen molar-refractivity contribution in [1.29, 1.82) is 5.26 Å². The molecule has 2 rings (SSSR count). The van der Waals surface area contributed by atoms with E-state index in [2.05, 4.69) is 11.4 Å². The molecular formula is C16H21FN2. The molecule has 0 spiro atoms. The lowest BCUT2D eigenvalue weighted by Gasteiger charge is -2.21. The van der Waals surface area contributed by atoms with E-state index in [1.807, 2.05) is 6.92 Å². The van der Waals surface area contributed by atoms with Crippen molar-refractivity contribution in [2.75, 3.05) is 0 Å². The van der Waals surface area contributed by atoms with Gasteiger partial charge in [0, 0.05) is 11.6 Å². The van der Waals surface area contributed by atoms with E-state index in [4.69, 9.17) is 0 Å². The van der Waals surface area contributed by atoms with Crippen LogP contribution in [0.15, 0.2) is 18.2 Å². The van der Waals surface area contributed by atoms with Crippen molar-refractivity contribution in [3.05, 3.63) is 35.1 Å². The van der Waals surface area contributed by atoms with Gasteiger partial charge >= 0.3 is 0 Å². The summed E-state index contributed by atoms with van der Waals surface area (Å²) in [6.07, 6.45) is 7.12. The number of rotatable bonds is 3. The average molecular weight is 260 g/mol. The first-order valence-corrected chi connectivity index (χ1v) is 7.12. The molecule has 2 nitrogen and oxygen atoms in total. The largest absolute Gasteiger partial charge is 0.295 e. The predicted octanol–water partition coefficient (Wildman–Crippen LogP) is 4.01. The molecule has 1 unspecified atom stereocenters. The zero-order valence-electron chi connectivity index (χ0n) is 11.5. The molecule has 0 aliphatic heterocycles. The van der Waals surface area contributed by atoms with E-state index < -0.39 is 6.04 Å². The van der Waals surface area contributed by atoms with Gasteiger partial charge in [0.2, 0.25) is 0 Å². The smallest absolute Gasteiger partial charge is 0.129 e. The summed E-state index contributed by atoms with van der Waals surface area (Å²) < 4.78 is 13.9. The fourth-order valence-electron chi connectivity index (χ4n) is 2.76. The molecular weight excluding hydrogens is 239 g/mol. The molecule has 0 amide bonds. The SMILES string of the molecule is Cc1ccc(F)c(C(C#N)NC2CCCCCC2)c1. The molecule has 1 aliphatic carbocycles. The topological polar surface area (TPSA) is 35.8 Å². The Hall–Kier alpha value is -1.40. The van der Waals surface area contributed by atoms with Gasteiger partial charge < -0.3 is 0 Å². The third-order valence-corrected chi connectivity index (χ3v) is 3.85. The summed E-state index contributed by atoms with van der Waals surface area (Å²) in [6.45, 7) is 1.92. The van der Waals surface area contributed by atoms with Gasteiger partial charge in [-0.2, -0.15) is 5.26 Å². The average Bonchev–Trinajstić information content (AvgIpc) is 2.67. The number of nitrogens with zero attached hydrogens (tertiary/aromatic N) is 1. The minimum atomic E-state index is -0.539. The monoisotopic (exact) mass is 260 g/mol. The minimum absolute atomic E-state index is 0.293. The van der Waals surface area contributed by atoms with E-state index in [9.17, 15) is 9.65 Å². The third-order valence-electron chi connectivity index (χ3n) is 3.85. The second kappa shape index (κ2) is 6.68. The second-order valence-electron chi connectivity index (χ2n) is 5.44. The van der Waals surface area contributed by atoms with E-state index in [1.165, 1.54) is 31.7 Å². The van der Waals surface area contributed by atoms with Gasteiger partial charge in [-0.3, -0.25) is 5.32 Å². The maximum Gasteiger partial charge on any atom is 0.129 e. The third kappa shape index (κ3) is 3.78. The molecule has 1 fully saturated rings. The van der Waals surface area contributed by atoms with Crippen LogP contribution in [0.4, 0.5) is 4.39 Å². The van der Waals surface area contributed by atoms with Crippen LogP contribution in [0.5, 0.6) is 0 Å². The van der Waals surface area contributed by atoms with Crippen LogP contribution in [-0.4, -0.2) is 6.04 Å². The fourth-order valence-corrected chi connectivity index (χ4v) is 2.76. The summed E-state index contributed by atoms with van der Waals surface area (Å²) in [5.74, 6) is -0.293. The molecule has 19 heavy (non-hydrogen) atoms. The summed E-state index contributed by atoms with van der Waals surface area (Å²) in [4.78, 5) is 0. The number of aryl methyl sites for hydroxylation is 1. The van der Waals surface area contributed by atoms with E-state index in [0.717, 1.165) is 18.4 Å². The first kappa shape index (κ1) is 14.0. The predicted molar refractivity (Wildman–Crippen MR) is 74.1 cm³/mol. The van der Waals surface area contributed by atoms with E-state index in [0.29, 0.717) is 11.6 Å². The molecule has 1 saturated carbocycles. The van der Waals surface area contributed by atoms with Crippen molar-refractivity contribution in [3.63, 3.8) is 0 Å². The van der Waals surface area contributed by atoms with Crippen molar-refractivity contribution in [1.82, 2.24) is 5.32 Å². The highest BCUT2D eigenvalue weighted by atomic mass is 19.1. The first-order valence-electron chi connectivity index (χ1n) is 7.12. The molecule has 0 bridgehead atoms. The second-order valence-corrected chi connectivity index (χ2v) is 5.44. The Bertz CT molecular complexity index is 456.